The molecular formula is C21H28N2O3S. The van der Waals surface area contributed by atoms with Gasteiger partial charge in [-0.3, -0.25) is 0 Å². The van der Waals surface area contributed by atoms with E-state index in [1.807, 2.05) is 25.2 Å². The predicted octanol–water partition coefficient (Wildman–Crippen LogP) is 4.30. The summed E-state index contributed by atoms with van der Waals surface area (Å²) in [6, 6.07) is 6.00. The van der Waals surface area contributed by atoms with E-state index >= 15 is 0 Å². The molecule has 0 saturated carbocycles. The molecule has 1 aromatic carbocycles. The highest BCUT2D eigenvalue weighted by Crippen LogP contribution is 2.43. The minimum Gasteiger partial charge on any atom is -0.497 e. The Labute approximate surface area is 164 Å². The Hall–Kier alpha value is -2.05. The lowest BCUT2D eigenvalue weighted by Gasteiger charge is -2.29. The van der Waals surface area contributed by atoms with Gasteiger partial charge in [-0.05, 0) is 60.5 Å². The summed E-state index contributed by atoms with van der Waals surface area (Å²) in [6.45, 7) is 5.75. The number of carboxylic acids is 1. The van der Waals surface area contributed by atoms with Gasteiger partial charge in [0.25, 0.3) is 0 Å². The zero-order valence-electron chi connectivity index (χ0n) is 16.4. The summed E-state index contributed by atoms with van der Waals surface area (Å²) in [5, 5.41) is 17.2. The average Bonchev–Trinajstić information content (AvgIpc) is 2.97. The Bertz CT molecular complexity index is 842. The zero-order valence-corrected chi connectivity index (χ0v) is 17.3. The molecule has 27 heavy (non-hydrogen) atoms. The number of aromatic carboxylic acids is 1. The number of carbonyl (C=O) groups is 1. The fourth-order valence-corrected chi connectivity index (χ4v) is 4.91. The second-order valence-electron chi connectivity index (χ2n) is 7.87. The molecule has 0 atom stereocenters. The molecule has 0 unspecified atom stereocenters. The van der Waals surface area contributed by atoms with Gasteiger partial charge in [0.2, 0.25) is 0 Å². The molecule has 2 aromatic rings. The van der Waals surface area contributed by atoms with Crippen LogP contribution >= 0.6 is 11.3 Å². The third-order valence-corrected chi connectivity index (χ3v) is 6.46. The van der Waals surface area contributed by atoms with Crippen LogP contribution in [0.2, 0.25) is 0 Å². The van der Waals surface area contributed by atoms with Crippen molar-refractivity contribution in [3.63, 3.8) is 0 Å². The molecule has 1 heterocycles. The Balaban J connectivity index is 1.87. The first-order valence-electron chi connectivity index (χ1n) is 9.26. The van der Waals surface area contributed by atoms with E-state index in [9.17, 15) is 9.90 Å². The van der Waals surface area contributed by atoms with Crippen LogP contribution in [0.25, 0.3) is 0 Å². The molecule has 1 aliphatic carbocycles. The normalized spacial score (nSPS) is 15.3. The number of methoxy groups -OCH3 is 1. The number of fused-ring (bicyclic) bond motifs is 1. The van der Waals surface area contributed by atoms with Crippen LogP contribution in [0.3, 0.4) is 0 Å². The summed E-state index contributed by atoms with van der Waals surface area (Å²) in [5.74, 6) is -0.0121. The van der Waals surface area contributed by atoms with Gasteiger partial charge in [0.1, 0.15) is 10.8 Å². The number of aryl methyl sites for hydroxylation is 1. The van der Waals surface area contributed by atoms with Crippen LogP contribution in [-0.2, 0) is 25.9 Å². The van der Waals surface area contributed by atoms with E-state index in [-0.39, 0.29) is 5.41 Å². The Morgan fingerprint density at radius 3 is 2.74 bits per heavy atom. The smallest absolute Gasteiger partial charge is 0.338 e. The van der Waals surface area contributed by atoms with E-state index in [1.54, 1.807) is 18.4 Å². The van der Waals surface area contributed by atoms with Gasteiger partial charge in [-0.25, -0.2) is 4.79 Å². The molecule has 0 spiro atoms. The molecule has 5 nitrogen and oxygen atoms in total. The van der Waals surface area contributed by atoms with Crippen molar-refractivity contribution in [3.8, 4) is 5.75 Å². The molecule has 0 radical (unpaired) electrons. The zero-order chi connectivity index (χ0) is 19.6. The summed E-state index contributed by atoms with van der Waals surface area (Å²) in [4.78, 5) is 13.2. The first-order chi connectivity index (χ1) is 12.8. The molecule has 6 heteroatoms. The average molecular weight is 389 g/mol. The largest absolute Gasteiger partial charge is 0.497 e. The van der Waals surface area contributed by atoms with Gasteiger partial charge in [0.15, 0.2) is 0 Å². The third-order valence-electron chi connectivity index (χ3n) is 5.21. The molecule has 3 N–H and O–H groups in total. The fraction of sp³-hybridized carbons (Fsp3) is 0.476. The summed E-state index contributed by atoms with van der Waals surface area (Å²) in [7, 11) is 3.57. The van der Waals surface area contributed by atoms with E-state index in [0.29, 0.717) is 12.1 Å². The van der Waals surface area contributed by atoms with Crippen molar-refractivity contribution in [3.05, 3.63) is 45.3 Å². The topological polar surface area (TPSA) is 70.6 Å². The third kappa shape index (κ3) is 4.28. The van der Waals surface area contributed by atoms with Crippen LogP contribution in [0.5, 0.6) is 5.75 Å². The van der Waals surface area contributed by atoms with Crippen LogP contribution in [0.1, 0.15) is 52.2 Å². The molecule has 0 fully saturated rings. The standard InChI is InChI=1S/C21H28N2O3S/c1-21(2)8-7-17-16(10-21)18(20(24)25)19(27-17)23-12-13-5-6-15(26-4)9-14(13)11-22-3/h5-6,9,22-23H,7-8,10-12H2,1-4H3,(H,24,25). The van der Waals surface area contributed by atoms with Crippen molar-refractivity contribution >= 4 is 22.3 Å². The highest BCUT2D eigenvalue weighted by atomic mass is 32.1. The number of nitrogens with one attached hydrogen (secondary N) is 2. The molecular weight excluding hydrogens is 360 g/mol. The lowest BCUT2D eigenvalue weighted by molar-refractivity contribution is 0.0696. The van der Waals surface area contributed by atoms with Crippen LogP contribution in [-0.4, -0.2) is 25.2 Å². The van der Waals surface area contributed by atoms with Crippen molar-refractivity contribution < 1.29 is 14.6 Å². The van der Waals surface area contributed by atoms with Crippen LogP contribution in [0, 0.1) is 5.41 Å². The minimum absolute atomic E-state index is 0.158. The van der Waals surface area contributed by atoms with Gasteiger partial charge >= 0.3 is 5.97 Å². The van der Waals surface area contributed by atoms with Crippen molar-refractivity contribution in [1.82, 2.24) is 5.32 Å². The Kier molecular flexibility index (Phi) is 5.77. The number of thiophene rings is 1. The van der Waals surface area contributed by atoms with E-state index in [1.165, 1.54) is 4.88 Å². The molecule has 1 aliphatic rings. The summed E-state index contributed by atoms with van der Waals surface area (Å²) in [5.41, 5.74) is 3.92. The summed E-state index contributed by atoms with van der Waals surface area (Å²) in [6.07, 6.45) is 2.89. The summed E-state index contributed by atoms with van der Waals surface area (Å²) < 4.78 is 5.32. The number of rotatable bonds is 7. The molecule has 0 aliphatic heterocycles. The van der Waals surface area contributed by atoms with E-state index in [4.69, 9.17) is 4.74 Å². The first kappa shape index (κ1) is 19.7. The van der Waals surface area contributed by atoms with Gasteiger partial charge in [0, 0.05) is 18.0 Å². The van der Waals surface area contributed by atoms with Gasteiger partial charge in [0.05, 0.1) is 12.7 Å². The molecule has 0 saturated heterocycles. The molecule has 0 amide bonds. The summed E-state index contributed by atoms with van der Waals surface area (Å²) >= 11 is 1.60. The monoisotopic (exact) mass is 388 g/mol. The molecule has 0 bridgehead atoms. The minimum atomic E-state index is -0.835. The van der Waals surface area contributed by atoms with Crippen LogP contribution in [0.4, 0.5) is 5.00 Å². The number of hydrogen-bond donors (Lipinski definition) is 3. The highest BCUT2D eigenvalue weighted by Gasteiger charge is 2.32. The second kappa shape index (κ2) is 7.90. The quantitative estimate of drug-likeness (QED) is 0.660. The van der Waals surface area contributed by atoms with Crippen molar-refractivity contribution in [1.29, 1.82) is 0 Å². The first-order valence-corrected chi connectivity index (χ1v) is 10.1. The van der Waals surface area contributed by atoms with Crippen molar-refractivity contribution in [2.45, 2.75) is 46.2 Å². The van der Waals surface area contributed by atoms with E-state index < -0.39 is 5.97 Å². The van der Waals surface area contributed by atoms with Gasteiger partial charge in [-0.15, -0.1) is 11.3 Å². The fourth-order valence-electron chi connectivity index (χ4n) is 3.70. The van der Waals surface area contributed by atoms with Crippen LogP contribution in [0.15, 0.2) is 18.2 Å². The SMILES string of the molecule is CNCc1cc(OC)ccc1CNc1sc2c(c1C(=O)O)CC(C)(C)CC2. The van der Waals surface area contributed by atoms with Crippen molar-refractivity contribution in [2.75, 3.05) is 19.5 Å². The van der Waals surface area contributed by atoms with E-state index in [2.05, 4.69) is 24.5 Å². The van der Waals surface area contributed by atoms with E-state index in [0.717, 1.165) is 53.2 Å². The maximum Gasteiger partial charge on any atom is 0.338 e. The number of carboxylic acid groups (broad SMARTS) is 1. The maximum atomic E-state index is 12.0. The molecule has 1 aromatic heterocycles. The number of hydrogen-bond acceptors (Lipinski definition) is 5. The van der Waals surface area contributed by atoms with Gasteiger partial charge in [-0.2, -0.15) is 0 Å². The molecule has 3 rings (SSSR count). The lowest BCUT2D eigenvalue weighted by Crippen LogP contribution is -2.22. The lowest BCUT2D eigenvalue weighted by atomic mass is 9.76. The second-order valence-corrected chi connectivity index (χ2v) is 8.98. The Morgan fingerprint density at radius 2 is 2.07 bits per heavy atom. The van der Waals surface area contributed by atoms with Crippen molar-refractivity contribution in [2.24, 2.45) is 5.41 Å². The highest BCUT2D eigenvalue weighted by molar-refractivity contribution is 7.16. The van der Waals surface area contributed by atoms with Gasteiger partial charge in [-0.1, -0.05) is 19.9 Å². The number of anilines is 1. The molecule has 146 valence electrons. The maximum absolute atomic E-state index is 12.0. The Morgan fingerprint density at radius 1 is 1.30 bits per heavy atom. The van der Waals surface area contributed by atoms with Gasteiger partial charge < -0.3 is 20.5 Å². The number of benzene rings is 1. The number of ether oxygens (including phenoxy) is 1. The predicted molar refractivity (Wildman–Crippen MR) is 110 cm³/mol. The van der Waals surface area contributed by atoms with Crippen LogP contribution < -0.4 is 15.4 Å².